The van der Waals surface area contributed by atoms with Crippen LogP contribution in [-0.4, -0.2) is 43.4 Å². The normalized spacial score (nSPS) is 18.7. The molecule has 0 saturated carbocycles. The molecule has 1 aliphatic rings. The highest BCUT2D eigenvalue weighted by molar-refractivity contribution is 9.10. The van der Waals surface area contributed by atoms with E-state index in [0.717, 1.165) is 12.1 Å². The van der Waals surface area contributed by atoms with Crippen LogP contribution in [0, 0.1) is 0 Å². The van der Waals surface area contributed by atoms with E-state index in [0.29, 0.717) is 29.7 Å². The molecule has 1 aromatic rings. The molecule has 1 fully saturated rings. The number of halogens is 6. The second kappa shape index (κ2) is 7.21. The lowest BCUT2D eigenvalue weighted by Crippen LogP contribution is -2.44. The molecule has 0 amide bonds. The Balaban J connectivity index is 1.84. The van der Waals surface area contributed by atoms with Gasteiger partial charge in [0.15, 0.2) is 0 Å². The minimum atomic E-state index is -4.76. The molecule has 2 rings (SSSR count). The summed E-state index contributed by atoms with van der Waals surface area (Å²) in [7, 11) is 0. The molecule has 3 nitrogen and oxygen atoms in total. The summed E-state index contributed by atoms with van der Waals surface area (Å²) in [5.41, 5.74) is 0. The average molecular weight is 404 g/mol. The number of likely N-dealkylation sites (tertiary alicyclic amines) is 1. The van der Waals surface area contributed by atoms with Crippen molar-refractivity contribution in [3.8, 4) is 11.5 Å². The molecule has 0 aliphatic carbocycles. The third-order valence-electron chi connectivity index (χ3n) is 3.27. The van der Waals surface area contributed by atoms with Gasteiger partial charge >= 0.3 is 6.36 Å². The molecule has 0 bridgehead atoms. The Bertz CT molecular complexity index is 538. The first-order valence-corrected chi connectivity index (χ1v) is 7.72. The Hall–Kier alpha value is -1.09. The van der Waals surface area contributed by atoms with Crippen LogP contribution in [0.5, 0.6) is 11.5 Å². The lowest BCUT2D eigenvalue weighted by Gasteiger charge is -2.32. The topological polar surface area (TPSA) is 21.7 Å². The van der Waals surface area contributed by atoms with Gasteiger partial charge in [0, 0.05) is 13.0 Å². The summed E-state index contributed by atoms with van der Waals surface area (Å²) in [6.07, 6.45) is -4.43. The number of alkyl halides is 5. The quantitative estimate of drug-likeness (QED) is 0.677. The summed E-state index contributed by atoms with van der Waals surface area (Å²) in [6, 6.07) is 3.59. The molecule has 0 atom stereocenters. The van der Waals surface area contributed by atoms with Gasteiger partial charge in [-0.05, 0) is 47.1 Å². The zero-order valence-electron chi connectivity index (χ0n) is 12.0. The van der Waals surface area contributed by atoms with Crippen molar-refractivity contribution >= 4 is 15.9 Å². The molecule has 1 saturated heterocycles. The Morgan fingerprint density at radius 3 is 2.61 bits per heavy atom. The van der Waals surface area contributed by atoms with Crippen LogP contribution in [0.4, 0.5) is 22.0 Å². The van der Waals surface area contributed by atoms with Gasteiger partial charge in [-0.25, -0.2) is 8.78 Å². The summed E-state index contributed by atoms with van der Waals surface area (Å²) in [5, 5.41) is 0. The maximum absolute atomic E-state index is 13.3. The summed E-state index contributed by atoms with van der Waals surface area (Å²) < 4.78 is 72.3. The first kappa shape index (κ1) is 18.3. The highest BCUT2D eigenvalue weighted by atomic mass is 79.9. The van der Waals surface area contributed by atoms with Crippen molar-refractivity contribution in [2.75, 3.05) is 26.2 Å². The second-order valence-corrected chi connectivity index (χ2v) is 6.08. The lowest BCUT2D eigenvalue weighted by molar-refractivity contribution is -0.274. The van der Waals surface area contributed by atoms with E-state index in [1.807, 2.05) is 0 Å². The van der Waals surface area contributed by atoms with Gasteiger partial charge in [0.1, 0.15) is 18.1 Å². The van der Waals surface area contributed by atoms with Crippen LogP contribution in [0.15, 0.2) is 22.7 Å². The van der Waals surface area contributed by atoms with E-state index in [9.17, 15) is 22.0 Å². The molecule has 1 aliphatic heterocycles. The van der Waals surface area contributed by atoms with Crippen molar-refractivity contribution in [2.24, 2.45) is 0 Å². The molecular weight excluding hydrogens is 389 g/mol. The van der Waals surface area contributed by atoms with Crippen LogP contribution in [0.3, 0.4) is 0 Å². The summed E-state index contributed by atoms with van der Waals surface area (Å²) in [4.78, 5) is 1.61. The molecule has 0 spiro atoms. The fraction of sp³-hybridized carbons (Fsp3) is 0.571. The monoisotopic (exact) mass is 403 g/mol. The van der Waals surface area contributed by atoms with Crippen LogP contribution in [0.2, 0.25) is 0 Å². The predicted molar refractivity (Wildman–Crippen MR) is 76.9 cm³/mol. The molecule has 1 heterocycles. The van der Waals surface area contributed by atoms with Crippen molar-refractivity contribution in [1.82, 2.24) is 4.90 Å². The Kier molecular flexibility index (Phi) is 5.72. The average Bonchev–Trinajstić information content (AvgIpc) is 2.38. The third kappa shape index (κ3) is 6.14. The van der Waals surface area contributed by atoms with E-state index in [1.54, 1.807) is 4.90 Å². The highest BCUT2D eigenvalue weighted by Gasteiger charge is 2.34. The van der Waals surface area contributed by atoms with E-state index in [2.05, 4.69) is 20.7 Å². The fourth-order valence-corrected chi connectivity index (χ4v) is 2.79. The Morgan fingerprint density at radius 1 is 1.26 bits per heavy atom. The lowest BCUT2D eigenvalue weighted by atomic mass is 10.1. The number of hydrogen-bond acceptors (Lipinski definition) is 3. The summed E-state index contributed by atoms with van der Waals surface area (Å²) >= 11 is 3.09. The van der Waals surface area contributed by atoms with Gasteiger partial charge < -0.3 is 9.47 Å². The molecule has 0 unspecified atom stereocenters. The maximum Gasteiger partial charge on any atom is 0.573 e. The molecule has 130 valence electrons. The zero-order chi connectivity index (χ0) is 17.1. The van der Waals surface area contributed by atoms with Gasteiger partial charge in [-0.15, -0.1) is 13.2 Å². The van der Waals surface area contributed by atoms with Gasteiger partial charge in [0.2, 0.25) is 0 Å². The van der Waals surface area contributed by atoms with E-state index in [1.165, 1.54) is 6.07 Å². The van der Waals surface area contributed by atoms with E-state index in [4.69, 9.17) is 4.74 Å². The van der Waals surface area contributed by atoms with Gasteiger partial charge in [-0.1, -0.05) is 0 Å². The fourth-order valence-electron chi connectivity index (χ4n) is 2.32. The Morgan fingerprint density at radius 2 is 2.00 bits per heavy atom. The molecule has 1 aromatic carbocycles. The standard InChI is InChI=1S/C14H15BrF5NO2/c15-11-8-10(23-14(18,19)20)2-3-12(11)22-7-6-21-5-1-4-13(16,17)9-21/h2-3,8H,1,4-7,9H2. The number of nitrogens with zero attached hydrogens (tertiary/aromatic N) is 1. The largest absolute Gasteiger partial charge is 0.573 e. The molecular formula is C14H15BrF5NO2. The van der Waals surface area contributed by atoms with Crippen LogP contribution >= 0.6 is 15.9 Å². The molecule has 0 aromatic heterocycles. The van der Waals surface area contributed by atoms with Gasteiger partial charge in [0.05, 0.1) is 11.0 Å². The van der Waals surface area contributed by atoms with Crippen molar-refractivity contribution < 1.29 is 31.4 Å². The first-order chi connectivity index (χ1) is 10.6. The first-order valence-electron chi connectivity index (χ1n) is 6.93. The number of benzene rings is 1. The van der Waals surface area contributed by atoms with Gasteiger partial charge in [-0.3, -0.25) is 4.90 Å². The zero-order valence-corrected chi connectivity index (χ0v) is 13.6. The summed E-state index contributed by atoms with van der Waals surface area (Å²) in [6.45, 7) is 0.769. The molecule has 23 heavy (non-hydrogen) atoms. The number of ether oxygens (including phenoxy) is 2. The highest BCUT2D eigenvalue weighted by Crippen LogP contribution is 2.32. The van der Waals surface area contributed by atoms with Crippen molar-refractivity contribution in [3.05, 3.63) is 22.7 Å². The van der Waals surface area contributed by atoms with Gasteiger partial charge in [-0.2, -0.15) is 0 Å². The molecule has 9 heteroatoms. The minimum Gasteiger partial charge on any atom is -0.491 e. The number of hydrogen-bond donors (Lipinski definition) is 0. The SMILES string of the molecule is FC1(F)CCCN(CCOc2ccc(OC(F)(F)F)cc2Br)C1. The molecule has 0 N–H and O–H groups in total. The van der Waals surface area contributed by atoms with E-state index in [-0.39, 0.29) is 25.3 Å². The summed E-state index contributed by atoms with van der Waals surface area (Å²) in [5.74, 6) is -2.72. The molecule has 0 radical (unpaired) electrons. The predicted octanol–water partition coefficient (Wildman–Crippen LogP) is 4.46. The third-order valence-corrected chi connectivity index (χ3v) is 3.89. The minimum absolute atomic E-state index is 0.101. The smallest absolute Gasteiger partial charge is 0.491 e. The van der Waals surface area contributed by atoms with E-state index < -0.39 is 12.3 Å². The van der Waals surface area contributed by atoms with Crippen LogP contribution in [-0.2, 0) is 0 Å². The van der Waals surface area contributed by atoms with Gasteiger partial charge in [0.25, 0.3) is 5.92 Å². The van der Waals surface area contributed by atoms with Crippen LogP contribution in [0.1, 0.15) is 12.8 Å². The number of piperidine rings is 1. The second-order valence-electron chi connectivity index (χ2n) is 5.22. The van der Waals surface area contributed by atoms with Crippen molar-refractivity contribution in [3.63, 3.8) is 0 Å². The van der Waals surface area contributed by atoms with Crippen LogP contribution < -0.4 is 9.47 Å². The maximum atomic E-state index is 13.3. The number of rotatable bonds is 5. The Labute approximate surface area is 138 Å². The van der Waals surface area contributed by atoms with Crippen molar-refractivity contribution in [2.45, 2.75) is 25.1 Å². The van der Waals surface area contributed by atoms with Crippen LogP contribution in [0.25, 0.3) is 0 Å². The van der Waals surface area contributed by atoms with Crippen molar-refractivity contribution in [1.29, 1.82) is 0 Å². The van der Waals surface area contributed by atoms with E-state index >= 15 is 0 Å².